The summed E-state index contributed by atoms with van der Waals surface area (Å²) in [5.74, 6) is -0.239. The zero-order valence-electron chi connectivity index (χ0n) is 9.35. The molecule has 0 aliphatic carbocycles. The van der Waals surface area contributed by atoms with Crippen molar-refractivity contribution in [2.45, 2.75) is 6.54 Å². The first-order valence-corrected chi connectivity index (χ1v) is 6.53. The maximum absolute atomic E-state index is 13.9. The van der Waals surface area contributed by atoms with E-state index >= 15 is 0 Å². The van der Waals surface area contributed by atoms with Gasteiger partial charge in [-0.05, 0) is 52.4 Å². The summed E-state index contributed by atoms with van der Waals surface area (Å²) in [6.45, 7) is 0.545. The highest BCUT2D eigenvalue weighted by atomic mass is 127. The largest absolute Gasteiger partial charge is 0.265 e. The van der Waals surface area contributed by atoms with Crippen molar-refractivity contribution >= 4 is 33.5 Å². The van der Waals surface area contributed by atoms with E-state index in [9.17, 15) is 4.39 Å². The third kappa shape index (κ3) is 1.98. The van der Waals surface area contributed by atoms with Gasteiger partial charge >= 0.3 is 0 Å². The van der Waals surface area contributed by atoms with Gasteiger partial charge in [-0.2, -0.15) is 5.10 Å². The van der Waals surface area contributed by atoms with E-state index in [1.165, 1.54) is 6.07 Å². The number of hydrogen-bond donors (Lipinski definition) is 0. The van der Waals surface area contributed by atoms with E-state index in [1.807, 2.05) is 18.2 Å². The van der Waals surface area contributed by atoms with Crippen molar-refractivity contribution in [3.8, 4) is 0 Å². The van der Waals surface area contributed by atoms with Gasteiger partial charge in [0.25, 0.3) is 0 Å². The van der Waals surface area contributed by atoms with Crippen LogP contribution >= 0.6 is 22.6 Å². The van der Waals surface area contributed by atoms with Crippen LogP contribution in [-0.4, -0.2) is 14.8 Å². The molecule has 3 nitrogen and oxygen atoms in total. The van der Waals surface area contributed by atoms with Crippen molar-refractivity contribution in [1.82, 2.24) is 14.8 Å². The van der Waals surface area contributed by atoms with Gasteiger partial charge in [-0.25, -0.2) is 4.39 Å². The van der Waals surface area contributed by atoms with Gasteiger partial charge in [0.1, 0.15) is 15.0 Å². The van der Waals surface area contributed by atoms with Gasteiger partial charge in [-0.1, -0.05) is 6.07 Å². The van der Waals surface area contributed by atoms with Crippen molar-refractivity contribution < 1.29 is 4.39 Å². The predicted molar refractivity (Wildman–Crippen MR) is 75.7 cm³/mol. The third-order valence-electron chi connectivity index (χ3n) is 2.76. The average molecular weight is 353 g/mol. The first kappa shape index (κ1) is 11.6. The minimum absolute atomic E-state index is 0.239. The number of halogens is 2. The van der Waals surface area contributed by atoms with E-state index in [2.05, 4.69) is 32.7 Å². The quantitative estimate of drug-likeness (QED) is 0.663. The molecule has 0 aliphatic heterocycles. The number of rotatable bonds is 2. The summed E-state index contributed by atoms with van der Waals surface area (Å²) < 4.78 is 16.4. The van der Waals surface area contributed by atoms with Crippen LogP contribution in [0.4, 0.5) is 4.39 Å². The van der Waals surface area contributed by atoms with Gasteiger partial charge in [0.05, 0.1) is 6.54 Å². The third-order valence-corrected chi connectivity index (χ3v) is 3.55. The molecule has 3 rings (SSSR count). The highest BCUT2D eigenvalue weighted by Gasteiger charge is 2.12. The Morgan fingerprint density at radius 3 is 2.72 bits per heavy atom. The summed E-state index contributed by atoms with van der Waals surface area (Å²) >= 11 is 2.13. The fraction of sp³-hybridized carbons (Fsp3) is 0.0769. The maximum atomic E-state index is 13.9. The molecule has 3 aromatic rings. The number of fused-ring (bicyclic) bond motifs is 1. The summed E-state index contributed by atoms with van der Waals surface area (Å²) in [5, 5.41) is 5.24. The number of hydrogen-bond acceptors (Lipinski definition) is 2. The van der Waals surface area contributed by atoms with Crippen molar-refractivity contribution in [3.05, 3.63) is 57.8 Å². The second-order valence-electron chi connectivity index (χ2n) is 3.94. The highest BCUT2D eigenvalue weighted by Crippen LogP contribution is 2.23. The smallest absolute Gasteiger partial charge is 0.149 e. The molecule has 2 heterocycles. The van der Waals surface area contributed by atoms with E-state index in [-0.39, 0.29) is 5.82 Å². The molecule has 0 atom stereocenters. The Balaban J connectivity index is 2.13. The van der Waals surface area contributed by atoms with E-state index in [4.69, 9.17) is 0 Å². The standard InChI is InChI=1S/C13H9FIN3/c14-11-3-1-2-10-12(11)18(17-13(10)15)8-9-4-6-16-7-5-9/h1-7H,8H2. The van der Waals surface area contributed by atoms with Gasteiger partial charge in [0.15, 0.2) is 0 Å². The van der Waals surface area contributed by atoms with Gasteiger partial charge in [0.2, 0.25) is 0 Å². The molecule has 0 amide bonds. The van der Waals surface area contributed by atoms with Crippen LogP contribution < -0.4 is 0 Å². The average Bonchev–Trinajstić information content (AvgIpc) is 2.69. The lowest BCUT2D eigenvalue weighted by Crippen LogP contribution is -2.02. The predicted octanol–water partition coefficient (Wildman–Crippen LogP) is 3.22. The highest BCUT2D eigenvalue weighted by molar-refractivity contribution is 14.1. The van der Waals surface area contributed by atoms with Crippen molar-refractivity contribution in [1.29, 1.82) is 0 Å². The zero-order valence-corrected chi connectivity index (χ0v) is 11.5. The topological polar surface area (TPSA) is 30.7 Å². The lowest BCUT2D eigenvalue weighted by atomic mass is 10.2. The van der Waals surface area contributed by atoms with Crippen molar-refractivity contribution in [2.24, 2.45) is 0 Å². The molecule has 0 aliphatic rings. The van der Waals surface area contributed by atoms with Gasteiger partial charge in [0, 0.05) is 17.8 Å². The molecule has 18 heavy (non-hydrogen) atoms. The summed E-state index contributed by atoms with van der Waals surface area (Å²) in [6, 6.07) is 8.86. The first-order valence-electron chi connectivity index (χ1n) is 5.45. The van der Waals surface area contributed by atoms with Crippen LogP contribution in [0.15, 0.2) is 42.7 Å². The zero-order chi connectivity index (χ0) is 12.5. The molecule has 0 spiro atoms. The molecule has 0 saturated heterocycles. The SMILES string of the molecule is Fc1cccc2c(I)nn(Cc3ccncc3)c12. The summed E-state index contributed by atoms with van der Waals surface area (Å²) in [4.78, 5) is 3.97. The van der Waals surface area contributed by atoms with Crippen LogP contribution in [0.2, 0.25) is 0 Å². The number of aromatic nitrogens is 3. The molecule has 90 valence electrons. The Labute approximate surface area is 117 Å². The molecule has 2 aromatic heterocycles. The van der Waals surface area contributed by atoms with Crippen LogP contribution in [0.5, 0.6) is 0 Å². The number of pyridine rings is 1. The van der Waals surface area contributed by atoms with E-state index in [0.717, 1.165) is 14.7 Å². The van der Waals surface area contributed by atoms with Crippen LogP contribution in [0.25, 0.3) is 10.9 Å². The Hall–Kier alpha value is -1.50. The maximum Gasteiger partial charge on any atom is 0.149 e. The Morgan fingerprint density at radius 2 is 1.94 bits per heavy atom. The Morgan fingerprint density at radius 1 is 1.17 bits per heavy atom. The molecule has 0 saturated carbocycles. The number of para-hydroxylation sites is 1. The van der Waals surface area contributed by atoms with E-state index in [1.54, 1.807) is 23.1 Å². The van der Waals surface area contributed by atoms with Crippen LogP contribution in [-0.2, 0) is 6.54 Å². The summed E-state index contributed by atoms with van der Waals surface area (Å²) in [5.41, 5.74) is 1.60. The normalized spacial score (nSPS) is 11.0. The number of nitrogens with zero attached hydrogens (tertiary/aromatic N) is 3. The van der Waals surface area contributed by atoms with Crippen LogP contribution in [0.1, 0.15) is 5.56 Å². The Bertz CT molecular complexity index is 694. The molecule has 0 fully saturated rings. The lowest BCUT2D eigenvalue weighted by molar-refractivity contribution is 0.615. The Kier molecular flexibility index (Phi) is 2.99. The molecule has 1 aromatic carbocycles. The molecule has 0 unspecified atom stereocenters. The van der Waals surface area contributed by atoms with Gasteiger partial charge in [-0.15, -0.1) is 0 Å². The second-order valence-corrected chi connectivity index (χ2v) is 4.96. The molecule has 0 bridgehead atoms. The molecule has 5 heteroatoms. The minimum atomic E-state index is -0.239. The van der Waals surface area contributed by atoms with Crippen molar-refractivity contribution in [3.63, 3.8) is 0 Å². The molecular formula is C13H9FIN3. The summed E-state index contributed by atoms with van der Waals surface area (Å²) in [6.07, 6.45) is 3.45. The lowest BCUT2D eigenvalue weighted by Gasteiger charge is -2.03. The van der Waals surface area contributed by atoms with E-state index in [0.29, 0.717) is 12.1 Å². The second kappa shape index (κ2) is 4.64. The minimum Gasteiger partial charge on any atom is -0.265 e. The van der Waals surface area contributed by atoms with E-state index < -0.39 is 0 Å². The molecule has 0 radical (unpaired) electrons. The van der Waals surface area contributed by atoms with Gasteiger partial charge < -0.3 is 0 Å². The van der Waals surface area contributed by atoms with Crippen LogP contribution in [0, 0.1) is 9.52 Å². The molecule has 0 N–H and O–H groups in total. The van der Waals surface area contributed by atoms with Gasteiger partial charge in [-0.3, -0.25) is 9.67 Å². The fourth-order valence-corrected chi connectivity index (χ4v) is 2.63. The number of benzene rings is 1. The summed E-state index contributed by atoms with van der Waals surface area (Å²) in [7, 11) is 0. The first-order chi connectivity index (χ1) is 8.75. The molecular weight excluding hydrogens is 344 g/mol. The van der Waals surface area contributed by atoms with Crippen molar-refractivity contribution in [2.75, 3.05) is 0 Å². The monoisotopic (exact) mass is 353 g/mol. The fourth-order valence-electron chi connectivity index (χ4n) is 1.93. The van der Waals surface area contributed by atoms with Crippen LogP contribution in [0.3, 0.4) is 0 Å².